The average molecular weight is 290 g/mol. The first-order valence-corrected chi connectivity index (χ1v) is 7.71. The fraction of sp³-hybridized carbons (Fsp3) is 0.625. The van der Waals surface area contributed by atoms with Crippen molar-refractivity contribution in [3.63, 3.8) is 0 Å². The molecule has 2 rings (SSSR count). The molecule has 0 radical (unpaired) electrons. The van der Waals surface area contributed by atoms with Crippen molar-refractivity contribution in [3.05, 3.63) is 23.9 Å². The summed E-state index contributed by atoms with van der Waals surface area (Å²) in [7, 11) is 3.49. The van der Waals surface area contributed by atoms with E-state index >= 15 is 0 Å². The van der Waals surface area contributed by atoms with Crippen LogP contribution in [0, 0.1) is 5.92 Å². The number of anilines is 1. The fourth-order valence-electron chi connectivity index (χ4n) is 2.97. The van der Waals surface area contributed by atoms with Gasteiger partial charge < -0.3 is 15.5 Å². The molecule has 1 amide bonds. The highest BCUT2D eigenvalue weighted by molar-refractivity contribution is 5.93. The molecule has 1 saturated heterocycles. The highest BCUT2D eigenvalue weighted by atomic mass is 16.2. The summed E-state index contributed by atoms with van der Waals surface area (Å²) in [6.45, 7) is 3.89. The lowest BCUT2D eigenvalue weighted by Gasteiger charge is -2.39. The van der Waals surface area contributed by atoms with Crippen molar-refractivity contribution in [2.45, 2.75) is 32.2 Å². The van der Waals surface area contributed by atoms with Gasteiger partial charge in [0.2, 0.25) is 0 Å². The van der Waals surface area contributed by atoms with E-state index in [1.54, 1.807) is 25.2 Å². The van der Waals surface area contributed by atoms with Crippen molar-refractivity contribution in [1.29, 1.82) is 0 Å². The second-order valence-electron chi connectivity index (χ2n) is 5.99. The predicted octanol–water partition coefficient (Wildman–Crippen LogP) is 1.74. The smallest absolute Gasteiger partial charge is 0.254 e. The lowest BCUT2D eigenvalue weighted by Crippen LogP contribution is -2.47. The van der Waals surface area contributed by atoms with Crippen LogP contribution in [-0.4, -0.2) is 49.0 Å². The standard InChI is InChI=1S/C16H26N4O/c1-4-12-7-8-20(14(9-12)10-17)15-6-5-13(11-18-15)16(21)19(2)3/h5-6,11-12,14H,4,7-10,17H2,1-3H3. The molecule has 0 bridgehead atoms. The molecule has 2 N–H and O–H groups in total. The van der Waals surface area contributed by atoms with Crippen molar-refractivity contribution in [3.8, 4) is 0 Å². The minimum absolute atomic E-state index is 0.0193. The Hall–Kier alpha value is -1.62. The summed E-state index contributed by atoms with van der Waals surface area (Å²) < 4.78 is 0. The summed E-state index contributed by atoms with van der Waals surface area (Å²) in [4.78, 5) is 20.2. The van der Waals surface area contributed by atoms with E-state index in [0.717, 1.165) is 24.7 Å². The highest BCUT2D eigenvalue weighted by Crippen LogP contribution is 2.28. The molecule has 0 aromatic carbocycles. The van der Waals surface area contributed by atoms with Crippen LogP contribution in [0.1, 0.15) is 36.5 Å². The minimum Gasteiger partial charge on any atom is -0.352 e. The van der Waals surface area contributed by atoms with Crippen LogP contribution in [0.5, 0.6) is 0 Å². The van der Waals surface area contributed by atoms with Gasteiger partial charge in [-0.1, -0.05) is 13.3 Å². The zero-order valence-electron chi connectivity index (χ0n) is 13.2. The van der Waals surface area contributed by atoms with Crippen molar-refractivity contribution in [1.82, 2.24) is 9.88 Å². The number of piperidine rings is 1. The number of amides is 1. The van der Waals surface area contributed by atoms with Gasteiger partial charge in [-0.15, -0.1) is 0 Å². The largest absolute Gasteiger partial charge is 0.352 e. The summed E-state index contributed by atoms with van der Waals surface area (Å²) in [5.41, 5.74) is 6.56. The molecule has 5 heteroatoms. The summed E-state index contributed by atoms with van der Waals surface area (Å²) in [6, 6.07) is 4.14. The number of carbonyl (C=O) groups excluding carboxylic acids is 1. The van der Waals surface area contributed by atoms with Crippen LogP contribution in [-0.2, 0) is 0 Å². The molecule has 2 atom stereocenters. The molecule has 1 aliphatic rings. The second-order valence-corrected chi connectivity index (χ2v) is 5.99. The van der Waals surface area contributed by atoms with Crippen LogP contribution in [0.4, 0.5) is 5.82 Å². The second kappa shape index (κ2) is 6.89. The van der Waals surface area contributed by atoms with E-state index in [0.29, 0.717) is 18.2 Å². The number of carbonyl (C=O) groups is 1. The molecule has 2 unspecified atom stereocenters. The molecule has 1 fully saturated rings. The Morgan fingerprint density at radius 1 is 1.48 bits per heavy atom. The van der Waals surface area contributed by atoms with Crippen molar-refractivity contribution in [2.75, 3.05) is 32.1 Å². The minimum atomic E-state index is -0.0193. The number of hydrogen-bond acceptors (Lipinski definition) is 4. The van der Waals surface area contributed by atoms with E-state index in [2.05, 4.69) is 16.8 Å². The third-order valence-corrected chi connectivity index (χ3v) is 4.37. The average Bonchev–Trinajstić information content (AvgIpc) is 2.53. The Balaban J connectivity index is 2.12. The number of pyridine rings is 1. The van der Waals surface area contributed by atoms with Gasteiger partial charge in [0.15, 0.2) is 0 Å². The number of hydrogen-bond donors (Lipinski definition) is 1. The van der Waals surface area contributed by atoms with Crippen LogP contribution in [0.2, 0.25) is 0 Å². The molecular formula is C16H26N4O. The van der Waals surface area contributed by atoms with Gasteiger partial charge in [-0.05, 0) is 30.9 Å². The monoisotopic (exact) mass is 290 g/mol. The lowest BCUT2D eigenvalue weighted by atomic mass is 9.89. The SMILES string of the molecule is CCC1CCN(c2ccc(C(=O)N(C)C)cn2)C(CN)C1. The third-order valence-electron chi connectivity index (χ3n) is 4.37. The van der Waals surface area contributed by atoms with Crippen LogP contribution >= 0.6 is 0 Å². The Morgan fingerprint density at radius 3 is 2.76 bits per heavy atom. The summed E-state index contributed by atoms with van der Waals surface area (Å²) in [6.07, 6.45) is 5.20. The highest BCUT2D eigenvalue weighted by Gasteiger charge is 2.27. The first-order valence-electron chi connectivity index (χ1n) is 7.71. The van der Waals surface area contributed by atoms with Gasteiger partial charge >= 0.3 is 0 Å². The van der Waals surface area contributed by atoms with E-state index in [-0.39, 0.29) is 5.91 Å². The maximum Gasteiger partial charge on any atom is 0.254 e. The lowest BCUT2D eigenvalue weighted by molar-refractivity contribution is 0.0827. The van der Waals surface area contributed by atoms with Crippen LogP contribution < -0.4 is 10.6 Å². The number of nitrogens with zero attached hydrogens (tertiary/aromatic N) is 3. The predicted molar refractivity (Wildman–Crippen MR) is 85.5 cm³/mol. The van der Waals surface area contributed by atoms with Gasteiger partial charge in [-0.25, -0.2) is 4.98 Å². The Morgan fingerprint density at radius 2 is 2.24 bits per heavy atom. The van der Waals surface area contributed by atoms with Crippen molar-refractivity contribution < 1.29 is 4.79 Å². The summed E-state index contributed by atoms with van der Waals surface area (Å²) >= 11 is 0. The van der Waals surface area contributed by atoms with E-state index < -0.39 is 0 Å². The molecule has 1 aromatic rings. The first-order chi connectivity index (χ1) is 10.1. The molecule has 21 heavy (non-hydrogen) atoms. The quantitative estimate of drug-likeness (QED) is 0.917. The van der Waals surface area contributed by atoms with E-state index in [9.17, 15) is 4.79 Å². The number of rotatable bonds is 4. The normalized spacial score (nSPS) is 22.2. The molecule has 0 aliphatic carbocycles. The van der Waals surface area contributed by atoms with Gasteiger partial charge in [-0.3, -0.25) is 4.79 Å². The first kappa shape index (κ1) is 15.8. The van der Waals surface area contributed by atoms with Gasteiger partial charge in [0.05, 0.1) is 5.56 Å². The molecule has 1 aliphatic heterocycles. The fourth-order valence-corrected chi connectivity index (χ4v) is 2.97. The van der Waals surface area contributed by atoms with E-state index in [1.165, 1.54) is 12.8 Å². The maximum atomic E-state index is 11.9. The van der Waals surface area contributed by atoms with Crippen LogP contribution in [0.15, 0.2) is 18.3 Å². The number of nitrogens with two attached hydrogens (primary N) is 1. The molecular weight excluding hydrogens is 264 g/mol. The summed E-state index contributed by atoms with van der Waals surface area (Å²) in [5, 5.41) is 0. The Labute approximate surface area is 127 Å². The topological polar surface area (TPSA) is 62.5 Å². The van der Waals surface area contributed by atoms with Gasteiger partial charge in [0.1, 0.15) is 5.82 Å². The van der Waals surface area contributed by atoms with Gasteiger partial charge in [-0.2, -0.15) is 0 Å². The molecule has 5 nitrogen and oxygen atoms in total. The Kier molecular flexibility index (Phi) is 5.17. The van der Waals surface area contributed by atoms with Crippen LogP contribution in [0.25, 0.3) is 0 Å². The Bertz CT molecular complexity index is 472. The van der Waals surface area contributed by atoms with Gasteiger partial charge in [0, 0.05) is 39.4 Å². The number of aromatic nitrogens is 1. The third kappa shape index (κ3) is 3.53. The summed E-state index contributed by atoms with van der Waals surface area (Å²) in [5.74, 6) is 1.67. The maximum absolute atomic E-state index is 11.9. The van der Waals surface area contributed by atoms with Crippen molar-refractivity contribution >= 4 is 11.7 Å². The molecule has 0 spiro atoms. The van der Waals surface area contributed by atoms with Gasteiger partial charge in [0.25, 0.3) is 5.91 Å². The zero-order chi connectivity index (χ0) is 15.4. The van der Waals surface area contributed by atoms with Crippen molar-refractivity contribution in [2.24, 2.45) is 11.7 Å². The molecule has 2 heterocycles. The molecule has 1 aromatic heterocycles. The van der Waals surface area contributed by atoms with Crippen LogP contribution in [0.3, 0.4) is 0 Å². The zero-order valence-corrected chi connectivity index (χ0v) is 13.2. The molecule has 0 saturated carbocycles. The van der Waals surface area contributed by atoms with E-state index in [4.69, 9.17) is 5.73 Å². The van der Waals surface area contributed by atoms with E-state index in [1.807, 2.05) is 12.1 Å². The molecule has 116 valence electrons.